The van der Waals surface area contributed by atoms with E-state index in [0.29, 0.717) is 32.4 Å². The van der Waals surface area contributed by atoms with Crippen LogP contribution >= 0.6 is 0 Å². The molecule has 28 heavy (non-hydrogen) atoms. The fourth-order valence-electron chi connectivity index (χ4n) is 3.62. The molecule has 0 radical (unpaired) electrons. The third-order valence-electron chi connectivity index (χ3n) is 5.32. The summed E-state index contributed by atoms with van der Waals surface area (Å²) in [7, 11) is 1.63. The summed E-state index contributed by atoms with van der Waals surface area (Å²) in [4.78, 5) is 19.9. The molecule has 7 heteroatoms. The van der Waals surface area contributed by atoms with Gasteiger partial charge in [-0.2, -0.15) is 0 Å². The molecule has 6 nitrogen and oxygen atoms in total. The van der Waals surface area contributed by atoms with Crippen LogP contribution < -0.4 is 10.1 Å². The van der Waals surface area contributed by atoms with E-state index < -0.39 is 5.82 Å². The van der Waals surface area contributed by atoms with Crippen LogP contribution in [0.15, 0.2) is 53.7 Å². The predicted molar refractivity (Wildman–Crippen MR) is 104 cm³/mol. The standard InChI is InChI=1S/C21H22FN3O3/c1-27-16-6-4-5-15(13-16)19-14-21(28-24-19)9-11-25(12-10-21)20(26)23-18-8-3-2-7-17(18)22/h2-8,13H,9-12,14H2,1H3,(H,23,26). The molecule has 2 aliphatic rings. The van der Waals surface area contributed by atoms with Crippen molar-refractivity contribution in [3.63, 3.8) is 0 Å². The van der Waals surface area contributed by atoms with Crippen molar-refractivity contribution >= 4 is 17.4 Å². The average molecular weight is 383 g/mol. The Bertz CT molecular complexity index is 907. The monoisotopic (exact) mass is 383 g/mol. The molecule has 4 rings (SSSR count). The Kier molecular flexibility index (Phi) is 4.90. The van der Waals surface area contributed by atoms with Gasteiger partial charge in [0.05, 0.1) is 18.5 Å². The molecule has 2 amide bonds. The Morgan fingerprint density at radius 1 is 1.21 bits per heavy atom. The van der Waals surface area contributed by atoms with Crippen LogP contribution in [-0.2, 0) is 4.84 Å². The Balaban J connectivity index is 1.35. The molecule has 1 N–H and O–H groups in total. The highest BCUT2D eigenvalue weighted by Crippen LogP contribution is 2.36. The number of rotatable bonds is 3. The summed E-state index contributed by atoms with van der Waals surface area (Å²) in [6.07, 6.45) is 2.05. The number of piperidine rings is 1. The van der Waals surface area contributed by atoms with E-state index in [1.165, 1.54) is 6.07 Å². The molecule has 2 aromatic rings. The molecule has 0 bridgehead atoms. The molecule has 1 fully saturated rings. The highest BCUT2D eigenvalue weighted by atomic mass is 19.1. The lowest BCUT2D eigenvalue weighted by Gasteiger charge is -2.37. The van der Waals surface area contributed by atoms with Crippen LogP contribution in [0.1, 0.15) is 24.8 Å². The van der Waals surface area contributed by atoms with Gasteiger partial charge >= 0.3 is 6.03 Å². The molecule has 2 heterocycles. The fraction of sp³-hybridized carbons (Fsp3) is 0.333. The van der Waals surface area contributed by atoms with E-state index in [2.05, 4.69) is 10.5 Å². The van der Waals surface area contributed by atoms with Gasteiger partial charge in [0.25, 0.3) is 0 Å². The van der Waals surface area contributed by atoms with Crippen molar-refractivity contribution in [3.8, 4) is 5.75 Å². The topological polar surface area (TPSA) is 63.2 Å². The van der Waals surface area contributed by atoms with Gasteiger partial charge in [-0.25, -0.2) is 9.18 Å². The quantitative estimate of drug-likeness (QED) is 0.871. The lowest BCUT2D eigenvalue weighted by molar-refractivity contribution is -0.0544. The number of methoxy groups -OCH3 is 1. The lowest BCUT2D eigenvalue weighted by Crippen LogP contribution is -2.48. The van der Waals surface area contributed by atoms with E-state index in [9.17, 15) is 9.18 Å². The maximum atomic E-state index is 13.7. The van der Waals surface area contributed by atoms with Crippen LogP contribution in [0.25, 0.3) is 0 Å². The minimum Gasteiger partial charge on any atom is -0.497 e. The molecule has 0 atom stereocenters. The summed E-state index contributed by atoms with van der Waals surface area (Å²) in [6, 6.07) is 13.6. The molecule has 2 aromatic carbocycles. The van der Waals surface area contributed by atoms with Crippen molar-refractivity contribution in [1.29, 1.82) is 0 Å². The Morgan fingerprint density at radius 2 is 2.00 bits per heavy atom. The number of carbonyl (C=O) groups is 1. The summed E-state index contributed by atoms with van der Waals surface area (Å²) in [5.41, 5.74) is 1.68. The zero-order valence-corrected chi connectivity index (χ0v) is 15.7. The van der Waals surface area contributed by atoms with Crippen molar-refractivity contribution in [1.82, 2.24) is 4.90 Å². The second-order valence-corrected chi connectivity index (χ2v) is 7.12. The van der Waals surface area contributed by atoms with E-state index in [-0.39, 0.29) is 17.3 Å². The van der Waals surface area contributed by atoms with Gasteiger partial charge in [-0.05, 0) is 24.3 Å². The number of carbonyl (C=O) groups excluding carboxylic acids is 1. The highest BCUT2D eigenvalue weighted by molar-refractivity contribution is 6.02. The van der Waals surface area contributed by atoms with Crippen molar-refractivity contribution in [3.05, 3.63) is 59.9 Å². The van der Waals surface area contributed by atoms with Gasteiger partial charge in [0.15, 0.2) is 0 Å². The van der Waals surface area contributed by atoms with Crippen LogP contribution in [0.3, 0.4) is 0 Å². The molecule has 2 aliphatic heterocycles. The zero-order chi connectivity index (χ0) is 19.6. The Labute approximate surface area is 162 Å². The number of nitrogens with zero attached hydrogens (tertiary/aromatic N) is 2. The normalized spacial score (nSPS) is 17.8. The van der Waals surface area contributed by atoms with Crippen molar-refractivity contribution in [2.24, 2.45) is 5.16 Å². The molecule has 1 spiro atoms. The molecule has 1 saturated heterocycles. The number of anilines is 1. The van der Waals surface area contributed by atoms with Crippen LogP contribution in [0.4, 0.5) is 14.9 Å². The van der Waals surface area contributed by atoms with E-state index in [4.69, 9.17) is 9.57 Å². The SMILES string of the molecule is COc1cccc(C2=NOC3(CCN(C(=O)Nc4ccccc4F)CC3)C2)c1. The number of ether oxygens (including phenoxy) is 1. The second kappa shape index (κ2) is 7.50. The third kappa shape index (κ3) is 3.65. The van der Waals surface area contributed by atoms with Gasteiger partial charge in [0, 0.05) is 37.9 Å². The van der Waals surface area contributed by atoms with E-state index in [1.807, 2.05) is 24.3 Å². The number of amides is 2. The Hall–Kier alpha value is -3.09. The largest absolute Gasteiger partial charge is 0.497 e. The third-order valence-corrected chi connectivity index (χ3v) is 5.32. The minimum absolute atomic E-state index is 0.188. The number of oxime groups is 1. The molecule has 0 aromatic heterocycles. The summed E-state index contributed by atoms with van der Waals surface area (Å²) < 4.78 is 19.0. The smallest absolute Gasteiger partial charge is 0.321 e. The number of nitrogens with one attached hydrogen (secondary N) is 1. The van der Waals surface area contributed by atoms with Crippen molar-refractivity contribution in [2.75, 3.05) is 25.5 Å². The van der Waals surface area contributed by atoms with Crippen LogP contribution in [0.2, 0.25) is 0 Å². The summed E-state index contributed by atoms with van der Waals surface area (Å²) in [5.74, 6) is 0.334. The van der Waals surface area contributed by atoms with Gasteiger partial charge in [-0.3, -0.25) is 0 Å². The lowest BCUT2D eigenvalue weighted by atomic mass is 9.85. The number of hydrogen-bond acceptors (Lipinski definition) is 4. The van der Waals surface area contributed by atoms with E-state index in [0.717, 1.165) is 17.0 Å². The van der Waals surface area contributed by atoms with Gasteiger partial charge in [-0.15, -0.1) is 0 Å². The first-order valence-corrected chi connectivity index (χ1v) is 9.28. The summed E-state index contributed by atoms with van der Waals surface area (Å²) >= 11 is 0. The van der Waals surface area contributed by atoms with Crippen LogP contribution in [0.5, 0.6) is 5.75 Å². The average Bonchev–Trinajstić information content (AvgIpc) is 3.14. The predicted octanol–water partition coefficient (Wildman–Crippen LogP) is 4.03. The number of halogens is 1. The van der Waals surface area contributed by atoms with E-state index >= 15 is 0 Å². The first kappa shape index (κ1) is 18.3. The van der Waals surface area contributed by atoms with Gasteiger partial charge in [-0.1, -0.05) is 29.4 Å². The summed E-state index contributed by atoms with van der Waals surface area (Å²) in [5, 5.41) is 6.93. The molecule has 0 aliphatic carbocycles. The molecular weight excluding hydrogens is 361 g/mol. The van der Waals surface area contributed by atoms with Crippen molar-refractivity contribution < 1.29 is 18.8 Å². The Morgan fingerprint density at radius 3 is 2.75 bits per heavy atom. The zero-order valence-electron chi connectivity index (χ0n) is 15.7. The van der Waals surface area contributed by atoms with E-state index in [1.54, 1.807) is 30.2 Å². The molecular formula is C21H22FN3O3. The van der Waals surface area contributed by atoms with Crippen molar-refractivity contribution in [2.45, 2.75) is 24.9 Å². The maximum absolute atomic E-state index is 13.7. The van der Waals surface area contributed by atoms with Gasteiger partial charge in [0.2, 0.25) is 0 Å². The fourth-order valence-corrected chi connectivity index (χ4v) is 3.62. The highest BCUT2D eigenvalue weighted by Gasteiger charge is 2.43. The number of hydrogen-bond donors (Lipinski definition) is 1. The molecule has 146 valence electrons. The minimum atomic E-state index is -0.445. The number of para-hydroxylation sites is 1. The maximum Gasteiger partial charge on any atom is 0.321 e. The molecule has 0 unspecified atom stereocenters. The summed E-state index contributed by atoms with van der Waals surface area (Å²) in [6.45, 7) is 1.06. The van der Waals surface area contributed by atoms with Gasteiger partial charge < -0.3 is 19.8 Å². The number of urea groups is 1. The molecule has 0 saturated carbocycles. The van der Waals surface area contributed by atoms with Gasteiger partial charge in [0.1, 0.15) is 17.2 Å². The first-order valence-electron chi connectivity index (χ1n) is 9.28. The second-order valence-electron chi connectivity index (χ2n) is 7.12. The van der Waals surface area contributed by atoms with Crippen LogP contribution in [-0.4, -0.2) is 42.4 Å². The number of likely N-dealkylation sites (tertiary alicyclic amines) is 1. The number of benzene rings is 2. The first-order chi connectivity index (χ1) is 13.6. The van der Waals surface area contributed by atoms with Crippen LogP contribution in [0, 0.1) is 5.82 Å².